The van der Waals surface area contributed by atoms with Crippen molar-refractivity contribution in [1.29, 1.82) is 0 Å². The van der Waals surface area contributed by atoms with Crippen molar-refractivity contribution in [3.8, 4) is 10.6 Å². The van der Waals surface area contributed by atoms with Crippen LogP contribution in [0.4, 0.5) is 4.39 Å². The van der Waals surface area contributed by atoms with Crippen LogP contribution < -0.4 is 5.73 Å². The molecule has 0 saturated carbocycles. The minimum atomic E-state index is -0.362. The highest BCUT2D eigenvalue weighted by Crippen LogP contribution is 2.28. The Balaban J connectivity index is 2.48. The van der Waals surface area contributed by atoms with Crippen LogP contribution in [0.25, 0.3) is 10.6 Å². The number of benzene rings is 1. The molecule has 2 N–H and O–H groups in total. The molecule has 15 heavy (non-hydrogen) atoms. The molecule has 6 heteroatoms. The number of nitrogens with zero attached hydrogens (tertiary/aromatic N) is 2. The Bertz CT molecular complexity index is 486. The van der Waals surface area contributed by atoms with Gasteiger partial charge in [0.05, 0.1) is 0 Å². The van der Waals surface area contributed by atoms with E-state index in [2.05, 4.69) is 10.2 Å². The highest BCUT2D eigenvalue weighted by molar-refractivity contribution is 7.14. The second kappa shape index (κ2) is 4.22. The number of aromatic nitrogens is 2. The van der Waals surface area contributed by atoms with Gasteiger partial charge in [-0.2, -0.15) is 0 Å². The maximum Gasteiger partial charge on any atom is 0.150 e. The van der Waals surface area contributed by atoms with Crippen LogP contribution >= 0.6 is 22.9 Å². The van der Waals surface area contributed by atoms with Crippen molar-refractivity contribution >= 4 is 22.9 Å². The molecule has 0 atom stereocenters. The van der Waals surface area contributed by atoms with Crippen LogP contribution in [0, 0.1) is 5.82 Å². The normalized spacial score (nSPS) is 10.6. The lowest BCUT2D eigenvalue weighted by Crippen LogP contribution is -1.94. The summed E-state index contributed by atoms with van der Waals surface area (Å²) < 4.78 is 13.4. The third-order valence-electron chi connectivity index (χ3n) is 1.80. The van der Waals surface area contributed by atoms with Gasteiger partial charge in [-0.3, -0.25) is 0 Å². The summed E-state index contributed by atoms with van der Waals surface area (Å²) >= 11 is 7.04. The van der Waals surface area contributed by atoms with Crippen molar-refractivity contribution in [3.05, 3.63) is 34.0 Å². The van der Waals surface area contributed by atoms with Gasteiger partial charge in [0.15, 0.2) is 5.01 Å². The Morgan fingerprint density at radius 1 is 1.40 bits per heavy atom. The molecule has 2 aromatic rings. The van der Waals surface area contributed by atoms with Crippen molar-refractivity contribution in [2.24, 2.45) is 5.73 Å². The molecule has 0 amide bonds. The van der Waals surface area contributed by atoms with Crippen LogP contribution in [0.5, 0.6) is 0 Å². The maximum atomic E-state index is 13.4. The van der Waals surface area contributed by atoms with E-state index in [0.717, 1.165) is 0 Å². The first-order chi connectivity index (χ1) is 7.20. The zero-order chi connectivity index (χ0) is 10.8. The molecule has 1 aromatic heterocycles. The van der Waals surface area contributed by atoms with Crippen molar-refractivity contribution in [2.75, 3.05) is 0 Å². The van der Waals surface area contributed by atoms with Gasteiger partial charge in [0.1, 0.15) is 10.8 Å². The highest BCUT2D eigenvalue weighted by atomic mass is 35.5. The van der Waals surface area contributed by atoms with Gasteiger partial charge in [-0.1, -0.05) is 22.9 Å². The van der Waals surface area contributed by atoms with E-state index in [-0.39, 0.29) is 5.82 Å². The smallest absolute Gasteiger partial charge is 0.150 e. The van der Waals surface area contributed by atoms with Crippen molar-refractivity contribution in [1.82, 2.24) is 10.2 Å². The molecule has 1 aromatic carbocycles. The molecule has 0 aliphatic rings. The predicted molar refractivity (Wildman–Crippen MR) is 58.2 cm³/mol. The Labute approximate surface area is 94.7 Å². The van der Waals surface area contributed by atoms with E-state index in [4.69, 9.17) is 17.3 Å². The topological polar surface area (TPSA) is 51.8 Å². The number of rotatable bonds is 2. The molecule has 0 radical (unpaired) electrons. The van der Waals surface area contributed by atoms with E-state index in [0.29, 0.717) is 27.1 Å². The number of halogens is 2. The van der Waals surface area contributed by atoms with Gasteiger partial charge >= 0.3 is 0 Å². The van der Waals surface area contributed by atoms with Gasteiger partial charge in [-0.05, 0) is 18.2 Å². The molecular weight excluding hydrogens is 237 g/mol. The summed E-state index contributed by atoms with van der Waals surface area (Å²) in [6.45, 7) is 0.305. The van der Waals surface area contributed by atoms with E-state index >= 15 is 0 Å². The summed E-state index contributed by atoms with van der Waals surface area (Å²) in [6, 6.07) is 4.32. The fraction of sp³-hybridized carbons (Fsp3) is 0.111. The monoisotopic (exact) mass is 243 g/mol. The Hall–Kier alpha value is -1.04. The first kappa shape index (κ1) is 10.5. The Morgan fingerprint density at radius 3 is 2.87 bits per heavy atom. The minimum absolute atomic E-state index is 0.305. The molecule has 3 nitrogen and oxygen atoms in total. The van der Waals surface area contributed by atoms with Gasteiger partial charge in [0.25, 0.3) is 0 Å². The van der Waals surface area contributed by atoms with Crippen LogP contribution in [0.3, 0.4) is 0 Å². The summed E-state index contributed by atoms with van der Waals surface area (Å²) in [5, 5.41) is 9.30. The number of hydrogen-bond donors (Lipinski definition) is 1. The van der Waals surface area contributed by atoms with E-state index in [9.17, 15) is 4.39 Å². The lowest BCUT2D eigenvalue weighted by Gasteiger charge is -1.98. The third-order valence-corrected chi connectivity index (χ3v) is 3.01. The summed E-state index contributed by atoms with van der Waals surface area (Å²) in [4.78, 5) is 0. The molecule has 2 rings (SSSR count). The van der Waals surface area contributed by atoms with Gasteiger partial charge in [0, 0.05) is 17.1 Å². The standard InChI is InChI=1S/C9H7ClFN3S/c10-5-1-2-7(11)6(3-5)9-14-13-8(4-12)15-9/h1-3H,4,12H2. The molecule has 0 aliphatic heterocycles. The lowest BCUT2D eigenvalue weighted by molar-refractivity contribution is 0.631. The van der Waals surface area contributed by atoms with Gasteiger partial charge in [-0.15, -0.1) is 10.2 Å². The molecule has 0 saturated heterocycles. The second-order valence-corrected chi connectivity index (χ2v) is 4.33. The minimum Gasteiger partial charge on any atom is -0.324 e. The Morgan fingerprint density at radius 2 is 2.20 bits per heavy atom. The summed E-state index contributed by atoms with van der Waals surface area (Å²) in [6.07, 6.45) is 0. The summed E-state index contributed by atoms with van der Waals surface area (Å²) in [7, 11) is 0. The van der Waals surface area contributed by atoms with Gasteiger partial charge in [0.2, 0.25) is 0 Å². The maximum absolute atomic E-state index is 13.4. The Kier molecular flexibility index (Phi) is 2.95. The molecule has 0 bridgehead atoms. The van der Waals surface area contributed by atoms with E-state index < -0.39 is 0 Å². The number of hydrogen-bond acceptors (Lipinski definition) is 4. The van der Waals surface area contributed by atoms with Crippen LogP contribution in [0.1, 0.15) is 5.01 Å². The molecule has 78 valence electrons. The zero-order valence-electron chi connectivity index (χ0n) is 7.58. The van der Waals surface area contributed by atoms with Gasteiger partial charge in [-0.25, -0.2) is 4.39 Å². The molecular formula is C9H7ClFN3S. The average molecular weight is 244 g/mol. The fourth-order valence-corrected chi connectivity index (χ4v) is 2.01. The van der Waals surface area contributed by atoms with Crippen LogP contribution in [-0.2, 0) is 6.54 Å². The molecule has 0 spiro atoms. The summed E-state index contributed by atoms with van der Waals surface area (Å²) in [5.74, 6) is -0.362. The lowest BCUT2D eigenvalue weighted by atomic mass is 10.2. The predicted octanol–water partition coefficient (Wildman–Crippen LogP) is 2.46. The zero-order valence-corrected chi connectivity index (χ0v) is 9.15. The van der Waals surface area contributed by atoms with Crippen LogP contribution in [0.15, 0.2) is 18.2 Å². The van der Waals surface area contributed by atoms with Crippen molar-refractivity contribution < 1.29 is 4.39 Å². The molecule has 0 aliphatic carbocycles. The highest BCUT2D eigenvalue weighted by Gasteiger charge is 2.10. The SMILES string of the molecule is NCc1nnc(-c2cc(Cl)ccc2F)s1. The van der Waals surface area contributed by atoms with Crippen molar-refractivity contribution in [3.63, 3.8) is 0 Å². The quantitative estimate of drug-likeness (QED) is 0.882. The first-order valence-corrected chi connectivity index (χ1v) is 5.38. The van der Waals surface area contributed by atoms with Gasteiger partial charge < -0.3 is 5.73 Å². The summed E-state index contributed by atoms with van der Waals surface area (Å²) in [5.41, 5.74) is 5.76. The average Bonchev–Trinajstić information content (AvgIpc) is 2.70. The van der Waals surface area contributed by atoms with E-state index in [1.54, 1.807) is 0 Å². The largest absolute Gasteiger partial charge is 0.324 e. The first-order valence-electron chi connectivity index (χ1n) is 4.18. The molecule has 0 fully saturated rings. The second-order valence-electron chi connectivity index (χ2n) is 2.83. The molecule has 1 heterocycles. The van der Waals surface area contributed by atoms with E-state index in [1.807, 2.05) is 0 Å². The fourth-order valence-electron chi connectivity index (χ4n) is 1.11. The molecule has 0 unspecified atom stereocenters. The number of nitrogens with two attached hydrogens (primary N) is 1. The third kappa shape index (κ3) is 2.14. The van der Waals surface area contributed by atoms with Crippen LogP contribution in [0.2, 0.25) is 5.02 Å². The van der Waals surface area contributed by atoms with E-state index in [1.165, 1.54) is 29.5 Å². The van der Waals surface area contributed by atoms with Crippen LogP contribution in [-0.4, -0.2) is 10.2 Å². The van der Waals surface area contributed by atoms with Crippen molar-refractivity contribution in [2.45, 2.75) is 6.54 Å².